The van der Waals surface area contributed by atoms with Crippen LogP contribution in [-0.2, 0) is 0 Å². The molecule has 1 saturated carbocycles. The van der Waals surface area contributed by atoms with Crippen molar-refractivity contribution in [2.45, 2.75) is 44.9 Å². The Kier molecular flexibility index (Phi) is 4.94. The van der Waals surface area contributed by atoms with Crippen LogP contribution < -0.4 is 0 Å². The number of carbonyl (C=O) groups excluding carboxylic acids is 1. The van der Waals surface area contributed by atoms with Gasteiger partial charge in [0, 0.05) is 21.1 Å². The summed E-state index contributed by atoms with van der Waals surface area (Å²) in [5.74, 6) is 0.200. The fourth-order valence-electron chi connectivity index (χ4n) is 3.82. The normalized spacial score (nSPS) is 21.5. The average molecular weight is 462 g/mol. The minimum Gasteiger partial charge on any atom is -0.339 e. The molecule has 3 rings (SSSR count). The predicted molar refractivity (Wildman–Crippen MR) is 97.5 cm³/mol. The summed E-state index contributed by atoms with van der Waals surface area (Å²) in [6, 6.07) is 5.95. The summed E-state index contributed by atoms with van der Waals surface area (Å²) >= 11 is 5.73. The van der Waals surface area contributed by atoms with Crippen LogP contribution in [0.3, 0.4) is 0 Å². The number of hydrogen-bond acceptors (Lipinski definition) is 1. The fourth-order valence-corrected chi connectivity index (χ4v) is 4.74. The summed E-state index contributed by atoms with van der Waals surface area (Å²) in [5.41, 5.74) is 1.39. The smallest absolute Gasteiger partial charge is 0.254 e. The van der Waals surface area contributed by atoms with Gasteiger partial charge in [-0.3, -0.25) is 4.79 Å². The predicted octanol–water partition coefficient (Wildman–Crippen LogP) is 5.24. The molecule has 0 bridgehead atoms. The molecule has 1 spiro atoms. The Morgan fingerprint density at radius 3 is 2.43 bits per heavy atom. The number of hydrogen-bond donors (Lipinski definition) is 0. The van der Waals surface area contributed by atoms with Gasteiger partial charge in [0.25, 0.3) is 5.91 Å². The van der Waals surface area contributed by atoms with E-state index in [9.17, 15) is 4.79 Å². The van der Waals surface area contributed by atoms with Crippen molar-refractivity contribution < 1.29 is 4.79 Å². The molecule has 1 aromatic carbocycles. The Labute approximate surface area is 148 Å². The lowest BCUT2D eigenvalue weighted by Crippen LogP contribution is -2.44. The van der Waals surface area contributed by atoms with Gasteiger partial charge in [0.1, 0.15) is 0 Å². The van der Waals surface area contributed by atoms with Crippen molar-refractivity contribution in [1.82, 2.24) is 4.90 Å². The van der Waals surface area contributed by atoms with Crippen LogP contribution in [0, 0.1) is 8.99 Å². The maximum Gasteiger partial charge on any atom is 0.254 e. The molecule has 1 amide bonds. The zero-order valence-electron chi connectivity index (χ0n) is 12.2. The van der Waals surface area contributed by atoms with Crippen molar-refractivity contribution in [3.05, 3.63) is 31.8 Å². The van der Waals surface area contributed by atoms with E-state index in [4.69, 9.17) is 0 Å². The number of carbonyl (C=O) groups is 1. The van der Waals surface area contributed by atoms with E-state index < -0.39 is 0 Å². The Hall–Kier alpha value is -0.100. The Bertz CT molecular complexity index is 530. The van der Waals surface area contributed by atoms with E-state index in [2.05, 4.69) is 43.4 Å². The minimum absolute atomic E-state index is 0.200. The van der Waals surface area contributed by atoms with Crippen LogP contribution in [0.2, 0.25) is 0 Å². The zero-order chi connectivity index (χ0) is 14.9. The number of benzene rings is 1. The summed E-state index contributed by atoms with van der Waals surface area (Å²) in [5, 5.41) is 0. The van der Waals surface area contributed by atoms with Crippen molar-refractivity contribution in [3.8, 4) is 0 Å². The molecule has 2 aliphatic rings. The van der Waals surface area contributed by atoms with Crippen LogP contribution in [0.15, 0.2) is 22.7 Å². The van der Waals surface area contributed by atoms with Gasteiger partial charge in [0.15, 0.2) is 0 Å². The van der Waals surface area contributed by atoms with E-state index in [-0.39, 0.29) is 5.91 Å². The van der Waals surface area contributed by atoms with Gasteiger partial charge in [-0.2, -0.15) is 0 Å². The van der Waals surface area contributed by atoms with Crippen LogP contribution in [-0.4, -0.2) is 23.9 Å². The van der Waals surface area contributed by atoms with Gasteiger partial charge < -0.3 is 4.90 Å². The largest absolute Gasteiger partial charge is 0.339 e. The van der Waals surface area contributed by atoms with Gasteiger partial charge in [-0.25, -0.2) is 0 Å². The van der Waals surface area contributed by atoms with E-state index in [0.29, 0.717) is 5.41 Å². The van der Waals surface area contributed by atoms with Gasteiger partial charge in [0.2, 0.25) is 0 Å². The van der Waals surface area contributed by atoms with Crippen LogP contribution in [0.4, 0.5) is 0 Å². The van der Waals surface area contributed by atoms with Crippen LogP contribution in [0.5, 0.6) is 0 Å². The number of nitrogens with zero attached hydrogens (tertiary/aromatic N) is 1. The lowest BCUT2D eigenvalue weighted by Gasteiger charge is -2.44. The zero-order valence-corrected chi connectivity index (χ0v) is 16.0. The second-order valence-corrected chi connectivity index (χ2v) is 8.55. The molecule has 1 heterocycles. The third-order valence-electron chi connectivity index (χ3n) is 5.18. The molecule has 1 aliphatic carbocycles. The summed E-state index contributed by atoms with van der Waals surface area (Å²) < 4.78 is 2.02. The SMILES string of the molecule is O=C(c1cc(Br)ccc1I)N1CCC2(CCCCC2)CC1. The average Bonchev–Trinajstić information content (AvgIpc) is 2.51. The summed E-state index contributed by atoms with van der Waals surface area (Å²) in [6.45, 7) is 1.86. The fraction of sp³-hybridized carbons (Fsp3) is 0.588. The molecule has 0 radical (unpaired) electrons. The van der Waals surface area contributed by atoms with E-state index >= 15 is 0 Å². The second kappa shape index (κ2) is 6.57. The molecule has 114 valence electrons. The van der Waals surface area contributed by atoms with Crippen molar-refractivity contribution in [3.63, 3.8) is 0 Å². The van der Waals surface area contributed by atoms with Crippen molar-refractivity contribution in [1.29, 1.82) is 0 Å². The van der Waals surface area contributed by atoms with Crippen molar-refractivity contribution in [2.75, 3.05) is 13.1 Å². The molecule has 2 fully saturated rings. The first-order valence-electron chi connectivity index (χ1n) is 7.84. The van der Waals surface area contributed by atoms with E-state index in [0.717, 1.165) is 26.7 Å². The Morgan fingerprint density at radius 1 is 1.10 bits per heavy atom. The van der Waals surface area contributed by atoms with Crippen molar-refractivity contribution in [2.24, 2.45) is 5.41 Å². The lowest BCUT2D eigenvalue weighted by molar-refractivity contribution is 0.0471. The van der Waals surface area contributed by atoms with Crippen LogP contribution in [0.1, 0.15) is 55.3 Å². The lowest BCUT2D eigenvalue weighted by atomic mass is 9.68. The second-order valence-electron chi connectivity index (χ2n) is 6.48. The molecule has 1 saturated heterocycles. The van der Waals surface area contributed by atoms with Gasteiger partial charge >= 0.3 is 0 Å². The number of likely N-dealkylation sites (tertiary alicyclic amines) is 1. The van der Waals surface area contributed by atoms with Gasteiger partial charge in [-0.05, 0) is 71.9 Å². The number of amides is 1. The first-order chi connectivity index (χ1) is 10.1. The molecule has 0 unspecified atom stereocenters. The highest BCUT2D eigenvalue weighted by atomic mass is 127. The molecule has 0 atom stereocenters. The molecule has 2 nitrogen and oxygen atoms in total. The first-order valence-corrected chi connectivity index (χ1v) is 9.71. The molecular formula is C17H21BrINO. The van der Waals surface area contributed by atoms with Crippen LogP contribution >= 0.6 is 38.5 Å². The monoisotopic (exact) mass is 461 g/mol. The molecule has 0 aromatic heterocycles. The van der Waals surface area contributed by atoms with Crippen LogP contribution in [0.25, 0.3) is 0 Å². The van der Waals surface area contributed by atoms with E-state index in [1.165, 1.54) is 44.9 Å². The summed E-state index contributed by atoms with van der Waals surface area (Å²) in [7, 11) is 0. The quantitative estimate of drug-likeness (QED) is 0.523. The molecule has 1 aliphatic heterocycles. The molecule has 4 heteroatoms. The highest BCUT2D eigenvalue weighted by Gasteiger charge is 2.36. The molecular weight excluding hydrogens is 441 g/mol. The van der Waals surface area contributed by atoms with Gasteiger partial charge in [-0.1, -0.05) is 35.2 Å². The molecule has 0 N–H and O–H groups in total. The third kappa shape index (κ3) is 3.46. The minimum atomic E-state index is 0.200. The number of halogens is 2. The number of piperidine rings is 1. The van der Waals surface area contributed by atoms with Gasteiger partial charge in [0.05, 0.1) is 5.56 Å². The summed E-state index contributed by atoms with van der Waals surface area (Å²) in [6.07, 6.45) is 9.33. The van der Waals surface area contributed by atoms with Gasteiger partial charge in [-0.15, -0.1) is 0 Å². The third-order valence-corrected chi connectivity index (χ3v) is 6.62. The first kappa shape index (κ1) is 15.8. The molecule has 1 aromatic rings. The standard InChI is InChI=1S/C17H21BrINO/c18-13-4-5-15(19)14(12-13)16(21)20-10-8-17(9-11-20)6-2-1-3-7-17/h4-5,12H,1-3,6-11H2. The van der Waals surface area contributed by atoms with E-state index in [1.807, 2.05) is 18.2 Å². The van der Waals surface area contributed by atoms with Crippen molar-refractivity contribution >= 4 is 44.4 Å². The number of rotatable bonds is 1. The Balaban J connectivity index is 1.69. The highest BCUT2D eigenvalue weighted by Crippen LogP contribution is 2.44. The maximum atomic E-state index is 12.7. The Morgan fingerprint density at radius 2 is 1.76 bits per heavy atom. The molecule has 21 heavy (non-hydrogen) atoms. The highest BCUT2D eigenvalue weighted by molar-refractivity contribution is 14.1. The topological polar surface area (TPSA) is 20.3 Å². The van der Waals surface area contributed by atoms with E-state index in [1.54, 1.807) is 0 Å². The maximum absolute atomic E-state index is 12.7. The summed E-state index contributed by atoms with van der Waals surface area (Å²) in [4.78, 5) is 14.8.